The summed E-state index contributed by atoms with van der Waals surface area (Å²) in [7, 11) is -3.68. The summed E-state index contributed by atoms with van der Waals surface area (Å²) in [6, 6.07) is 3.28. The SMILES string of the molecule is Cc1oc(C)c(S(=O)(=O)NC(C)Cc2ccco2)c1CN. The molecule has 21 heavy (non-hydrogen) atoms. The van der Waals surface area contributed by atoms with E-state index in [1.807, 2.05) is 6.07 Å². The molecule has 0 saturated heterocycles. The van der Waals surface area contributed by atoms with Gasteiger partial charge in [-0.15, -0.1) is 0 Å². The summed E-state index contributed by atoms with van der Waals surface area (Å²) >= 11 is 0. The standard InChI is InChI=1S/C14H20N2O4S/c1-9(7-12-5-4-6-19-12)16-21(17,18)14-11(3)20-10(2)13(14)8-15/h4-6,9,16H,7-8,15H2,1-3H3. The zero-order chi connectivity index (χ0) is 15.6. The van der Waals surface area contributed by atoms with Crippen LogP contribution in [0.5, 0.6) is 0 Å². The number of hydrogen-bond acceptors (Lipinski definition) is 5. The van der Waals surface area contributed by atoms with E-state index in [4.69, 9.17) is 14.6 Å². The van der Waals surface area contributed by atoms with E-state index < -0.39 is 10.0 Å². The van der Waals surface area contributed by atoms with E-state index >= 15 is 0 Å². The summed E-state index contributed by atoms with van der Waals surface area (Å²) < 4.78 is 38.3. The monoisotopic (exact) mass is 312 g/mol. The smallest absolute Gasteiger partial charge is 0.244 e. The van der Waals surface area contributed by atoms with Gasteiger partial charge in [-0.1, -0.05) is 0 Å². The Bertz CT molecular complexity index is 702. The predicted octanol–water partition coefficient (Wildman–Crippen LogP) is 1.86. The molecule has 7 heteroatoms. The number of hydrogen-bond donors (Lipinski definition) is 2. The molecule has 2 rings (SSSR count). The van der Waals surface area contributed by atoms with Crippen molar-refractivity contribution in [2.75, 3.05) is 0 Å². The molecule has 0 aliphatic rings. The molecule has 0 aromatic carbocycles. The van der Waals surface area contributed by atoms with Crippen LogP contribution in [0.3, 0.4) is 0 Å². The van der Waals surface area contributed by atoms with E-state index in [0.717, 1.165) is 5.76 Å². The maximum atomic E-state index is 12.5. The van der Waals surface area contributed by atoms with Gasteiger partial charge in [0.1, 0.15) is 22.2 Å². The molecule has 1 unspecified atom stereocenters. The Morgan fingerprint density at radius 1 is 1.33 bits per heavy atom. The molecule has 2 aromatic rings. The summed E-state index contributed by atoms with van der Waals surface area (Å²) in [6.07, 6.45) is 2.03. The number of furan rings is 2. The first-order valence-electron chi connectivity index (χ1n) is 6.68. The fourth-order valence-electron chi connectivity index (χ4n) is 2.39. The third-order valence-electron chi connectivity index (χ3n) is 3.24. The predicted molar refractivity (Wildman–Crippen MR) is 78.3 cm³/mol. The molecule has 2 aromatic heterocycles. The van der Waals surface area contributed by atoms with Crippen LogP contribution >= 0.6 is 0 Å². The second-order valence-electron chi connectivity index (χ2n) is 5.03. The largest absolute Gasteiger partial charge is 0.469 e. The molecule has 0 fully saturated rings. The van der Waals surface area contributed by atoms with Crippen LogP contribution in [0.25, 0.3) is 0 Å². The van der Waals surface area contributed by atoms with Crippen LogP contribution in [0.2, 0.25) is 0 Å². The molecule has 3 N–H and O–H groups in total. The van der Waals surface area contributed by atoms with Gasteiger partial charge in [-0.2, -0.15) is 0 Å². The van der Waals surface area contributed by atoms with Crippen LogP contribution in [0.15, 0.2) is 32.1 Å². The van der Waals surface area contributed by atoms with E-state index in [-0.39, 0.29) is 17.5 Å². The van der Waals surface area contributed by atoms with Gasteiger partial charge in [0.2, 0.25) is 10.0 Å². The van der Waals surface area contributed by atoms with Crippen molar-refractivity contribution in [1.29, 1.82) is 0 Å². The average molecular weight is 312 g/mol. The zero-order valence-electron chi connectivity index (χ0n) is 12.3. The fraction of sp³-hybridized carbons (Fsp3) is 0.429. The summed E-state index contributed by atoms with van der Waals surface area (Å²) in [5, 5.41) is 0. The summed E-state index contributed by atoms with van der Waals surface area (Å²) in [4.78, 5) is 0.147. The Labute approximate surface area is 124 Å². The molecule has 0 bridgehead atoms. The molecular formula is C14H20N2O4S. The van der Waals surface area contributed by atoms with Gasteiger partial charge < -0.3 is 14.6 Å². The molecule has 0 aliphatic heterocycles. The minimum absolute atomic E-state index is 0.117. The Kier molecular flexibility index (Phi) is 4.55. The third-order valence-corrected chi connectivity index (χ3v) is 5.03. The van der Waals surface area contributed by atoms with Gasteiger partial charge in [0.25, 0.3) is 0 Å². The Hall–Kier alpha value is -1.57. The van der Waals surface area contributed by atoms with Crippen LogP contribution in [0.4, 0.5) is 0 Å². The molecule has 0 aliphatic carbocycles. The van der Waals surface area contributed by atoms with E-state index in [1.54, 1.807) is 33.1 Å². The van der Waals surface area contributed by atoms with Crippen molar-refractivity contribution in [1.82, 2.24) is 4.72 Å². The molecule has 0 spiro atoms. The minimum atomic E-state index is -3.68. The minimum Gasteiger partial charge on any atom is -0.469 e. The highest BCUT2D eigenvalue weighted by atomic mass is 32.2. The topological polar surface area (TPSA) is 98.5 Å². The maximum Gasteiger partial charge on any atom is 0.244 e. The molecule has 0 amide bonds. The van der Waals surface area contributed by atoms with E-state index in [2.05, 4.69) is 4.72 Å². The van der Waals surface area contributed by atoms with Crippen molar-refractivity contribution in [2.45, 2.75) is 44.7 Å². The molecule has 6 nitrogen and oxygen atoms in total. The second kappa shape index (κ2) is 6.05. The lowest BCUT2D eigenvalue weighted by Crippen LogP contribution is -2.34. The maximum absolute atomic E-state index is 12.5. The van der Waals surface area contributed by atoms with Gasteiger partial charge >= 0.3 is 0 Å². The lowest BCUT2D eigenvalue weighted by Gasteiger charge is -2.13. The quantitative estimate of drug-likeness (QED) is 0.848. The lowest BCUT2D eigenvalue weighted by atomic mass is 10.2. The molecular weight excluding hydrogens is 292 g/mol. The average Bonchev–Trinajstić information content (AvgIpc) is 2.95. The van der Waals surface area contributed by atoms with Crippen LogP contribution in [0.1, 0.15) is 29.8 Å². The normalized spacial score (nSPS) is 13.5. The number of nitrogens with one attached hydrogen (secondary N) is 1. The highest BCUT2D eigenvalue weighted by Gasteiger charge is 2.27. The van der Waals surface area contributed by atoms with E-state index in [0.29, 0.717) is 23.5 Å². The van der Waals surface area contributed by atoms with Gasteiger partial charge in [-0.05, 0) is 32.9 Å². The summed E-state index contributed by atoms with van der Waals surface area (Å²) in [6.45, 7) is 5.23. The highest BCUT2D eigenvalue weighted by Crippen LogP contribution is 2.26. The third kappa shape index (κ3) is 3.37. The molecule has 1 atom stereocenters. The van der Waals surface area contributed by atoms with Crippen LogP contribution in [-0.2, 0) is 23.0 Å². The van der Waals surface area contributed by atoms with Crippen molar-refractivity contribution in [3.8, 4) is 0 Å². The first kappa shape index (κ1) is 15.8. The van der Waals surface area contributed by atoms with Crippen molar-refractivity contribution < 1.29 is 17.3 Å². The van der Waals surface area contributed by atoms with Gasteiger partial charge in [0.15, 0.2) is 0 Å². The highest BCUT2D eigenvalue weighted by molar-refractivity contribution is 7.89. The zero-order valence-corrected chi connectivity index (χ0v) is 13.2. The molecule has 0 saturated carbocycles. The van der Waals surface area contributed by atoms with Crippen LogP contribution in [-0.4, -0.2) is 14.5 Å². The molecule has 116 valence electrons. The number of nitrogens with two attached hydrogens (primary N) is 1. The van der Waals surface area contributed by atoms with Crippen LogP contribution in [0, 0.1) is 13.8 Å². The van der Waals surface area contributed by atoms with Crippen molar-refractivity contribution in [3.05, 3.63) is 41.2 Å². The Balaban J connectivity index is 2.22. The Morgan fingerprint density at radius 3 is 2.62 bits per heavy atom. The lowest BCUT2D eigenvalue weighted by molar-refractivity contribution is 0.477. The number of aryl methyl sites for hydroxylation is 2. The Morgan fingerprint density at radius 2 is 2.05 bits per heavy atom. The van der Waals surface area contributed by atoms with Crippen molar-refractivity contribution >= 4 is 10.0 Å². The summed E-state index contributed by atoms with van der Waals surface area (Å²) in [5.74, 6) is 1.61. The van der Waals surface area contributed by atoms with E-state index in [1.165, 1.54) is 0 Å². The van der Waals surface area contributed by atoms with Gasteiger partial charge in [-0.25, -0.2) is 13.1 Å². The fourth-order valence-corrected chi connectivity index (χ4v) is 4.10. The van der Waals surface area contributed by atoms with Gasteiger partial charge in [0, 0.05) is 24.6 Å². The molecule has 0 radical (unpaired) electrons. The summed E-state index contributed by atoms with van der Waals surface area (Å²) in [5.41, 5.74) is 6.15. The van der Waals surface area contributed by atoms with Crippen molar-refractivity contribution in [2.24, 2.45) is 5.73 Å². The number of sulfonamides is 1. The first-order chi connectivity index (χ1) is 9.85. The first-order valence-corrected chi connectivity index (χ1v) is 8.17. The molecule has 2 heterocycles. The van der Waals surface area contributed by atoms with E-state index in [9.17, 15) is 8.42 Å². The van der Waals surface area contributed by atoms with Gasteiger partial charge in [0.05, 0.1) is 6.26 Å². The number of rotatable bonds is 6. The van der Waals surface area contributed by atoms with Crippen LogP contribution < -0.4 is 10.5 Å². The van der Waals surface area contributed by atoms with Gasteiger partial charge in [-0.3, -0.25) is 0 Å². The van der Waals surface area contributed by atoms with Crippen molar-refractivity contribution in [3.63, 3.8) is 0 Å². The second-order valence-corrected chi connectivity index (χ2v) is 6.68.